The SMILES string of the molecule is CCCCC1OCC(C2CCC(C3CCC(C4CCC(C=C(F)F)CC4)CC3)CC2)CO1. The predicted molar refractivity (Wildman–Crippen MR) is 125 cm³/mol. The molecule has 0 N–H and O–H groups in total. The Hall–Kier alpha value is -0.480. The van der Waals surface area contributed by atoms with E-state index < -0.39 is 6.08 Å². The molecule has 3 aliphatic carbocycles. The lowest BCUT2D eigenvalue weighted by atomic mass is 9.64. The molecule has 0 aromatic carbocycles. The lowest BCUT2D eigenvalue weighted by Crippen LogP contribution is -2.38. The highest BCUT2D eigenvalue weighted by Gasteiger charge is 2.37. The summed E-state index contributed by atoms with van der Waals surface area (Å²) in [6.45, 7) is 4.04. The fraction of sp³-hybridized carbons (Fsp3) is 0.929. The summed E-state index contributed by atoms with van der Waals surface area (Å²) in [5.74, 6) is 5.07. The normalized spacial score (nSPS) is 41.2. The molecule has 0 unspecified atom stereocenters. The van der Waals surface area contributed by atoms with E-state index in [1.54, 1.807) is 0 Å². The van der Waals surface area contributed by atoms with E-state index in [9.17, 15) is 8.78 Å². The van der Waals surface area contributed by atoms with Crippen molar-refractivity contribution in [1.29, 1.82) is 0 Å². The Bertz CT molecular complexity index is 558. The van der Waals surface area contributed by atoms with Crippen LogP contribution in [0, 0.1) is 41.4 Å². The third-order valence-corrected chi connectivity index (χ3v) is 9.60. The van der Waals surface area contributed by atoms with Crippen LogP contribution in [0.1, 0.15) is 103 Å². The Balaban J connectivity index is 1.13. The largest absolute Gasteiger partial charge is 0.352 e. The van der Waals surface area contributed by atoms with E-state index in [0.29, 0.717) is 5.92 Å². The second-order valence-electron chi connectivity index (χ2n) is 11.5. The van der Waals surface area contributed by atoms with Crippen LogP contribution in [0.2, 0.25) is 0 Å². The maximum atomic E-state index is 12.5. The smallest absolute Gasteiger partial charge is 0.266 e. The number of ether oxygens (including phenoxy) is 2. The van der Waals surface area contributed by atoms with Crippen LogP contribution in [0.3, 0.4) is 0 Å². The van der Waals surface area contributed by atoms with Gasteiger partial charge in [-0.25, -0.2) is 0 Å². The summed E-state index contributed by atoms with van der Waals surface area (Å²) in [6.07, 6.45) is 18.6. The fourth-order valence-electron chi connectivity index (χ4n) is 7.50. The fourth-order valence-corrected chi connectivity index (χ4v) is 7.50. The Morgan fingerprint density at radius 3 is 1.47 bits per heavy atom. The van der Waals surface area contributed by atoms with Crippen molar-refractivity contribution in [2.75, 3.05) is 13.2 Å². The summed E-state index contributed by atoms with van der Waals surface area (Å²) in [6, 6.07) is 0. The highest BCUT2D eigenvalue weighted by molar-refractivity contribution is 4.93. The lowest BCUT2D eigenvalue weighted by molar-refractivity contribution is -0.213. The average Bonchev–Trinajstić information content (AvgIpc) is 2.83. The summed E-state index contributed by atoms with van der Waals surface area (Å²) >= 11 is 0. The first kappa shape index (κ1) is 24.6. The van der Waals surface area contributed by atoms with Gasteiger partial charge < -0.3 is 9.47 Å². The maximum Gasteiger partial charge on any atom is 0.266 e. The zero-order valence-electron chi connectivity index (χ0n) is 20.3. The monoisotopic (exact) mass is 452 g/mol. The summed E-state index contributed by atoms with van der Waals surface area (Å²) in [5.41, 5.74) is 0. The molecule has 0 radical (unpaired) electrons. The molecule has 0 aromatic heterocycles. The highest BCUT2D eigenvalue weighted by atomic mass is 19.3. The molecule has 2 nitrogen and oxygen atoms in total. The van der Waals surface area contributed by atoms with Crippen LogP contribution in [0.4, 0.5) is 8.78 Å². The van der Waals surface area contributed by atoms with Crippen LogP contribution in [-0.4, -0.2) is 19.5 Å². The summed E-state index contributed by atoms with van der Waals surface area (Å²) in [5, 5.41) is 0. The van der Waals surface area contributed by atoms with Gasteiger partial charge in [0.2, 0.25) is 0 Å². The molecule has 4 aliphatic rings. The van der Waals surface area contributed by atoms with Gasteiger partial charge in [0.05, 0.1) is 13.2 Å². The van der Waals surface area contributed by atoms with Crippen molar-refractivity contribution >= 4 is 0 Å². The Labute approximate surface area is 194 Å². The second-order valence-corrected chi connectivity index (χ2v) is 11.5. The standard InChI is InChI=1S/C28H46F2O2/c1-2-3-4-28-31-18-26(19-32-28)25-15-13-24(14-16-25)23-11-9-22(10-12-23)21-7-5-20(6-8-21)17-27(29)30/h17,20-26,28H,2-16,18-19H2,1H3. The molecule has 0 atom stereocenters. The van der Waals surface area contributed by atoms with Crippen molar-refractivity contribution in [2.45, 2.75) is 110 Å². The van der Waals surface area contributed by atoms with Crippen LogP contribution in [-0.2, 0) is 9.47 Å². The molecule has 1 aliphatic heterocycles. The Morgan fingerprint density at radius 1 is 0.656 bits per heavy atom. The van der Waals surface area contributed by atoms with E-state index in [1.807, 2.05) is 0 Å². The zero-order valence-corrected chi connectivity index (χ0v) is 20.3. The number of unbranched alkanes of at least 4 members (excludes halogenated alkanes) is 1. The summed E-state index contributed by atoms with van der Waals surface area (Å²) < 4.78 is 37.1. The molecule has 184 valence electrons. The zero-order chi connectivity index (χ0) is 22.3. The van der Waals surface area contributed by atoms with Gasteiger partial charge in [-0.2, -0.15) is 8.78 Å². The average molecular weight is 453 g/mol. The van der Waals surface area contributed by atoms with Gasteiger partial charge in [0.1, 0.15) is 0 Å². The number of hydrogen-bond donors (Lipinski definition) is 0. The van der Waals surface area contributed by atoms with E-state index >= 15 is 0 Å². The molecule has 0 bridgehead atoms. The van der Waals surface area contributed by atoms with Crippen LogP contribution >= 0.6 is 0 Å². The quantitative estimate of drug-likeness (QED) is 0.386. The molecular formula is C28H46F2O2. The van der Waals surface area contributed by atoms with Gasteiger partial charge in [-0.05, 0) is 131 Å². The van der Waals surface area contributed by atoms with E-state index in [2.05, 4.69) is 6.92 Å². The van der Waals surface area contributed by atoms with Gasteiger partial charge in [-0.15, -0.1) is 0 Å². The van der Waals surface area contributed by atoms with Crippen molar-refractivity contribution in [2.24, 2.45) is 41.4 Å². The van der Waals surface area contributed by atoms with Crippen molar-refractivity contribution in [1.82, 2.24) is 0 Å². The van der Waals surface area contributed by atoms with Crippen molar-refractivity contribution in [3.05, 3.63) is 12.2 Å². The molecule has 0 spiro atoms. The van der Waals surface area contributed by atoms with Gasteiger partial charge in [-0.3, -0.25) is 0 Å². The minimum atomic E-state index is -1.48. The molecule has 3 saturated carbocycles. The molecule has 4 fully saturated rings. The topological polar surface area (TPSA) is 18.5 Å². The van der Waals surface area contributed by atoms with Crippen molar-refractivity contribution < 1.29 is 18.3 Å². The van der Waals surface area contributed by atoms with Gasteiger partial charge in [0.25, 0.3) is 6.08 Å². The summed E-state index contributed by atoms with van der Waals surface area (Å²) in [7, 11) is 0. The highest BCUT2D eigenvalue weighted by Crippen LogP contribution is 2.47. The van der Waals surface area contributed by atoms with E-state index in [-0.39, 0.29) is 12.2 Å². The first-order valence-electron chi connectivity index (χ1n) is 13.9. The summed E-state index contributed by atoms with van der Waals surface area (Å²) in [4.78, 5) is 0. The van der Waals surface area contributed by atoms with Crippen LogP contribution in [0.25, 0.3) is 0 Å². The molecule has 1 heterocycles. The lowest BCUT2D eigenvalue weighted by Gasteiger charge is -2.42. The molecule has 4 heteroatoms. The molecule has 1 saturated heterocycles. The number of rotatable bonds is 7. The Kier molecular flexibility index (Phi) is 9.46. The first-order valence-corrected chi connectivity index (χ1v) is 13.9. The van der Waals surface area contributed by atoms with Crippen molar-refractivity contribution in [3.63, 3.8) is 0 Å². The Morgan fingerprint density at radius 2 is 1.06 bits per heavy atom. The van der Waals surface area contributed by atoms with Crippen molar-refractivity contribution in [3.8, 4) is 0 Å². The van der Waals surface area contributed by atoms with Crippen LogP contribution in [0.15, 0.2) is 12.2 Å². The van der Waals surface area contributed by atoms with Gasteiger partial charge in [-0.1, -0.05) is 13.3 Å². The van der Waals surface area contributed by atoms with Gasteiger partial charge in [0.15, 0.2) is 6.29 Å². The first-order chi connectivity index (χ1) is 15.6. The molecular weight excluding hydrogens is 406 g/mol. The minimum Gasteiger partial charge on any atom is -0.352 e. The second kappa shape index (κ2) is 12.3. The van der Waals surface area contributed by atoms with Gasteiger partial charge in [0, 0.05) is 5.92 Å². The van der Waals surface area contributed by atoms with E-state index in [4.69, 9.17) is 9.47 Å². The van der Waals surface area contributed by atoms with Crippen LogP contribution < -0.4 is 0 Å². The third kappa shape index (κ3) is 6.78. The third-order valence-electron chi connectivity index (χ3n) is 9.60. The number of hydrogen-bond acceptors (Lipinski definition) is 2. The maximum absolute atomic E-state index is 12.5. The number of allylic oxidation sites excluding steroid dienone is 1. The van der Waals surface area contributed by atoms with Gasteiger partial charge >= 0.3 is 0 Å². The molecule has 4 rings (SSSR count). The number of halogens is 2. The molecule has 0 aromatic rings. The predicted octanol–water partition coefficient (Wildman–Crippen LogP) is 8.37. The molecule has 32 heavy (non-hydrogen) atoms. The van der Waals surface area contributed by atoms with E-state index in [0.717, 1.165) is 62.1 Å². The minimum absolute atomic E-state index is 0.0501. The molecule has 0 amide bonds. The van der Waals surface area contributed by atoms with Crippen LogP contribution in [0.5, 0.6) is 0 Å². The van der Waals surface area contributed by atoms with E-state index in [1.165, 1.54) is 83.1 Å².